The molecule has 6 nitrogen and oxygen atoms in total. The predicted octanol–water partition coefficient (Wildman–Crippen LogP) is 2.43. The number of hydrogen-bond donors (Lipinski definition) is 2. The summed E-state index contributed by atoms with van der Waals surface area (Å²) in [5.41, 5.74) is 0.512. The molecule has 2 N–H and O–H groups in total. The van der Waals surface area contributed by atoms with Crippen LogP contribution in [0.25, 0.3) is 0 Å². The molecule has 0 unspecified atom stereocenters. The summed E-state index contributed by atoms with van der Waals surface area (Å²) in [6.07, 6.45) is 4.50. The number of nitrogens with zero attached hydrogens (tertiary/aromatic N) is 2. The topological polar surface area (TPSA) is 84.0 Å². The van der Waals surface area contributed by atoms with Gasteiger partial charge in [0.15, 0.2) is 0 Å². The van der Waals surface area contributed by atoms with Crippen LogP contribution in [-0.2, 0) is 10.0 Å². The van der Waals surface area contributed by atoms with E-state index in [4.69, 9.17) is 0 Å². The van der Waals surface area contributed by atoms with Gasteiger partial charge in [-0.2, -0.15) is 0 Å². The van der Waals surface area contributed by atoms with Crippen molar-refractivity contribution in [3.05, 3.63) is 36.7 Å². The minimum atomic E-state index is -3.68. The number of hydrogen-bond acceptors (Lipinski definition) is 6. The summed E-state index contributed by atoms with van der Waals surface area (Å²) in [7, 11) is -3.68. The SMILES string of the molecule is CCNc1ncc(S(=O)(=O)Nc2cccc(SC)c2)cn1. The van der Waals surface area contributed by atoms with Crippen LogP contribution in [0.15, 0.2) is 46.5 Å². The van der Waals surface area contributed by atoms with Crippen LogP contribution in [0.5, 0.6) is 0 Å². The Hall–Kier alpha value is -1.80. The van der Waals surface area contributed by atoms with Crippen LogP contribution >= 0.6 is 11.8 Å². The van der Waals surface area contributed by atoms with Crippen LogP contribution in [0.2, 0.25) is 0 Å². The molecule has 2 aromatic rings. The van der Waals surface area contributed by atoms with E-state index in [0.29, 0.717) is 18.2 Å². The third kappa shape index (κ3) is 4.08. The fraction of sp³-hybridized carbons (Fsp3) is 0.231. The highest BCUT2D eigenvalue weighted by atomic mass is 32.2. The first kappa shape index (κ1) is 15.6. The Kier molecular flexibility index (Phi) is 5.03. The second-order valence-electron chi connectivity index (χ2n) is 4.11. The third-order valence-electron chi connectivity index (χ3n) is 2.60. The van der Waals surface area contributed by atoms with Crippen molar-refractivity contribution < 1.29 is 8.42 Å². The zero-order chi connectivity index (χ0) is 15.3. The minimum absolute atomic E-state index is 0.0266. The molecule has 0 saturated heterocycles. The van der Waals surface area contributed by atoms with E-state index in [9.17, 15) is 8.42 Å². The van der Waals surface area contributed by atoms with Crippen LogP contribution in [0, 0.1) is 0 Å². The molecule has 0 aliphatic rings. The Labute approximate surface area is 128 Å². The van der Waals surface area contributed by atoms with Gasteiger partial charge in [0, 0.05) is 17.1 Å². The van der Waals surface area contributed by atoms with E-state index in [-0.39, 0.29) is 4.90 Å². The average molecular weight is 324 g/mol. The summed E-state index contributed by atoms with van der Waals surface area (Å²) in [6, 6.07) is 7.19. The predicted molar refractivity (Wildman–Crippen MR) is 85.2 cm³/mol. The highest BCUT2D eigenvalue weighted by Gasteiger charge is 2.15. The lowest BCUT2D eigenvalue weighted by Gasteiger charge is -2.09. The van der Waals surface area contributed by atoms with Crippen molar-refractivity contribution in [2.75, 3.05) is 22.8 Å². The van der Waals surface area contributed by atoms with E-state index < -0.39 is 10.0 Å². The molecule has 112 valence electrons. The Bertz CT molecular complexity index is 702. The van der Waals surface area contributed by atoms with Crippen molar-refractivity contribution in [1.82, 2.24) is 9.97 Å². The molecule has 0 radical (unpaired) electrons. The number of rotatable bonds is 6. The largest absolute Gasteiger partial charge is 0.355 e. The van der Waals surface area contributed by atoms with Gasteiger partial charge in [-0.05, 0) is 31.4 Å². The molecule has 0 atom stereocenters. The lowest BCUT2D eigenvalue weighted by molar-refractivity contribution is 0.600. The Morgan fingerprint density at radius 2 is 1.95 bits per heavy atom. The number of aromatic nitrogens is 2. The van der Waals surface area contributed by atoms with E-state index >= 15 is 0 Å². The second-order valence-corrected chi connectivity index (χ2v) is 6.67. The van der Waals surface area contributed by atoms with Gasteiger partial charge in [0.25, 0.3) is 10.0 Å². The highest BCUT2D eigenvalue weighted by Crippen LogP contribution is 2.21. The van der Waals surface area contributed by atoms with E-state index in [1.165, 1.54) is 12.4 Å². The molecule has 0 saturated carbocycles. The lowest BCUT2D eigenvalue weighted by atomic mass is 10.3. The second kappa shape index (κ2) is 6.77. The molecule has 2 rings (SSSR count). The van der Waals surface area contributed by atoms with Crippen LogP contribution in [0.3, 0.4) is 0 Å². The van der Waals surface area contributed by atoms with Crippen molar-refractivity contribution in [3.63, 3.8) is 0 Å². The molecule has 21 heavy (non-hydrogen) atoms. The first-order valence-electron chi connectivity index (χ1n) is 6.28. The van der Waals surface area contributed by atoms with Gasteiger partial charge in [-0.25, -0.2) is 18.4 Å². The number of anilines is 2. The molecule has 0 bridgehead atoms. The molecule has 1 aromatic carbocycles. The molecule has 1 heterocycles. The zero-order valence-corrected chi connectivity index (χ0v) is 13.3. The molecule has 0 amide bonds. The van der Waals surface area contributed by atoms with Gasteiger partial charge in [0.2, 0.25) is 5.95 Å². The van der Waals surface area contributed by atoms with Crippen LogP contribution in [0.1, 0.15) is 6.92 Å². The summed E-state index contributed by atoms with van der Waals surface area (Å²) < 4.78 is 27.0. The molecular formula is C13H16N4O2S2. The van der Waals surface area contributed by atoms with E-state index in [0.717, 1.165) is 4.90 Å². The van der Waals surface area contributed by atoms with Crippen molar-refractivity contribution in [2.45, 2.75) is 16.7 Å². The summed E-state index contributed by atoms with van der Waals surface area (Å²) in [4.78, 5) is 8.94. The van der Waals surface area contributed by atoms with E-state index in [1.807, 2.05) is 19.2 Å². The first-order chi connectivity index (χ1) is 10.0. The Balaban J connectivity index is 2.21. The molecule has 0 spiro atoms. The smallest absolute Gasteiger partial charge is 0.264 e. The maximum absolute atomic E-state index is 12.3. The molecule has 0 aliphatic carbocycles. The first-order valence-corrected chi connectivity index (χ1v) is 8.98. The molecule has 1 aromatic heterocycles. The number of benzene rings is 1. The number of sulfonamides is 1. The molecular weight excluding hydrogens is 308 g/mol. The lowest BCUT2D eigenvalue weighted by Crippen LogP contribution is -2.14. The van der Waals surface area contributed by atoms with Gasteiger partial charge in [0.1, 0.15) is 4.90 Å². The Morgan fingerprint density at radius 1 is 1.24 bits per heavy atom. The fourth-order valence-electron chi connectivity index (χ4n) is 1.60. The van der Waals surface area contributed by atoms with Crippen molar-refractivity contribution in [3.8, 4) is 0 Å². The van der Waals surface area contributed by atoms with Gasteiger partial charge < -0.3 is 5.32 Å². The summed E-state index contributed by atoms with van der Waals surface area (Å²) in [5, 5.41) is 2.91. The maximum atomic E-state index is 12.3. The van der Waals surface area contributed by atoms with Crippen molar-refractivity contribution in [2.24, 2.45) is 0 Å². The summed E-state index contributed by atoms with van der Waals surface area (Å²) in [6.45, 7) is 2.58. The normalized spacial score (nSPS) is 11.1. The molecule has 8 heteroatoms. The Morgan fingerprint density at radius 3 is 2.57 bits per heavy atom. The van der Waals surface area contributed by atoms with E-state index in [1.54, 1.807) is 30.0 Å². The standard InChI is InChI=1S/C13H16N4O2S2/c1-3-14-13-15-8-12(9-16-13)21(18,19)17-10-5-4-6-11(7-10)20-2/h4-9,17H,3H2,1-2H3,(H,14,15,16). The number of thioether (sulfide) groups is 1. The van der Waals surface area contributed by atoms with Crippen LogP contribution in [-0.4, -0.2) is 31.2 Å². The van der Waals surface area contributed by atoms with Crippen molar-refractivity contribution >= 4 is 33.4 Å². The maximum Gasteiger partial charge on any atom is 0.264 e. The van der Waals surface area contributed by atoms with Crippen LogP contribution < -0.4 is 10.0 Å². The minimum Gasteiger partial charge on any atom is -0.355 e. The summed E-state index contributed by atoms with van der Waals surface area (Å²) in [5.74, 6) is 0.404. The molecule has 0 fully saturated rings. The quantitative estimate of drug-likeness (QED) is 0.794. The highest BCUT2D eigenvalue weighted by molar-refractivity contribution is 7.98. The van der Waals surface area contributed by atoms with Gasteiger partial charge >= 0.3 is 0 Å². The summed E-state index contributed by atoms with van der Waals surface area (Å²) >= 11 is 1.54. The van der Waals surface area contributed by atoms with Crippen molar-refractivity contribution in [1.29, 1.82) is 0 Å². The van der Waals surface area contributed by atoms with Crippen LogP contribution in [0.4, 0.5) is 11.6 Å². The fourth-order valence-corrected chi connectivity index (χ4v) is 3.00. The van der Waals surface area contributed by atoms with Gasteiger partial charge in [-0.3, -0.25) is 4.72 Å². The monoisotopic (exact) mass is 324 g/mol. The van der Waals surface area contributed by atoms with Gasteiger partial charge in [0.05, 0.1) is 12.4 Å². The zero-order valence-electron chi connectivity index (χ0n) is 11.7. The number of nitrogens with one attached hydrogen (secondary N) is 2. The van der Waals surface area contributed by atoms with Gasteiger partial charge in [-0.1, -0.05) is 6.07 Å². The van der Waals surface area contributed by atoms with E-state index in [2.05, 4.69) is 20.0 Å². The van der Waals surface area contributed by atoms with Gasteiger partial charge in [-0.15, -0.1) is 11.8 Å². The average Bonchev–Trinajstić information content (AvgIpc) is 2.48. The third-order valence-corrected chi connectivity index (χ3v) is 4.66. The molecule has 0 aliphatic heterocycles.